The van der Waals surface area contributed by atoms with Gasteiger partial charge in [0.2, 0.25) is 0 Å². The van der Waals surface area contributed by atoms with E-state index in [2.05, 4.69) is 18.7 Å². The highest BCUT2D eigenvalue weighted by atomic mass is 19.1. The van der Waals surface area contributed by atoms with Gasteiger partial charge in [-0.3, -0.25) is 4.98 Å². The molecule has 1 aliphatic rings. The Kier molecular flexibility index (Phi) is 11.3. The lowest BCUT2D eigenvalue weighted by molar-refractivity contribution is -0.171. The number of esters is 1. The molecule has 7 nitrogen and oxygen atoms in total. The second kappa shape index (κ2) is 14.7. The number of hydrogen-bond acceptors (Lipinski definition) is 7. The van der Waals surface area contributed by atoms with Gasteiger partial charge in [-0.2, -0.15) is 0 Å². The number of benzene rings is 2. The summed E-state index contributed by atoms with van der Waals surface area (Å²) >= 11 is 0. The van der Waals surface area contributed by atoms with Crippen LogP contribution < -0.4 is 9.64 Å². The van der Waals surface area contributed by atoms with Crippen LogP contribution in [0.1, 0.15) is 84.2 Å². The second-order valence-corrected chi connectivity index (χ2v) is 13.8. The van der Waals surface area contributed by atoms with Gasteiger partial charge in [0.15, 0.2) is 6.10 Å². The van der Waals surface area contributed by atoms with Crippen LogP contribution in [0.25, 0.3) is 11.1 Å². The van der Waals surface area contributed by atoms with Crippen LogP contribution in [0.3, 0.4) is 0 Å². The number of halogens is 1. The monoisotopic (exact) mass is 620 g/mol. The summed E-state index contributed by atoms with van der Waals surface area (Å²) in [6.07, 6.45) is 3.19. The summed E-state index contributed by atoms with van der Waals surface area (Å²) in [5, 5.41) is 0. The number of aromatic nitrogens is 1. The maximum absolute atomic E-state index is 13.6. The maximum atomic E-state index is 13.6. The summed E-state index contributed by atoms with van der Waals surface area (Å²) in [5.74, 6) is 0.0482. The normalized spacial score (nSPS) is 15.6. The van der Waals surface area contributed by atoms with Crippen LogP contribution in [0.2, 0.25) is 0 Å². The number of hydrogen-bond donors (Lipinski definition) is 0. The Morgan fingerprint density at radius 2 is 1.67 bits per heavy atom. The molecule has 45 heavy (non-hydrogen) atoms. The first-order valence-electron chi connectivity index (χ1n) is 15.9. The summed E-state index contributed by atoms with van der Waals surface area (Å²) in [7, 11) is 1.66. The van der Waals surface area contributed by atoms with Crippen molar-refractivity contribution in [2.24, 2.45) is 5.41 Å². The van der Waals surface area contributed by atoms with Gasteiger partial charge in [0.25, 0.3) is 0 Å². The Labute approximate surface area is 268 Å². The lowest BCUT2D eigenvalue weighted by Crippen LogP contribution is -2.39. The third-order valence-corrected chi connectivity index (χ3v) is 7.91. The molecule has 1 fully saturated rings. The average molecular weight is 621 g/mol. The van der Waals surface area contributed by atoms with Crippen molar-refractivity contribution in [3.63, 3.8) is 0 Å². The number of pyridine rings is 1. The molecule has 1 aromatic heterocycles. The first-order valence-corrected chi connectivity index (χ1v) is 15.9. The first kappa shape index (κ1) is 34.4. The molecule has 0 N–H and O–H groups in total. The van der Waals surface area contributed by atoms with Crippen molar-refractivity contribution >= 4 is 11.7 Å². The Balaban J connectivity index is 1.77. The van der Waals surface area contributed by atoms with Gasteiger partial charge in [0.05, 0.1) is 36.3 Å². The standard InChI is InChI=1S/C37H49FN2O5/c1-25(2)44-35(41)34(45-36(3,4)5)30-23-39-31(24-42-8)32(33(30)40-20-18-37(6,7)19-21-40)27-11-15-29(16-12-27)43-22-17-26-9-13-28(38)14-10-26/h9-16,23,25,34H,17-22,24H2,1-8H3. The summed E-state index contributed by atoms with van der Waals surface area (Å²) in [6.45, 7) is 16.5. The van der Waals surface area contributed by atoms with Gasteiger partial charge in [0.1, 0.15) is 11.6 Å². The molecule has 0 bridgehead atoms. The fraction of sp³-hybridized carbons (Fsp3) is 0.514. The van der Waals surface area contributed by atoms with Gasteiger partial charge < -0.3 is 23.8 Å². The van der Waals surface area contributed by atoms with Crippen molar-refractivity contribution < 1.29 is 28.1 Å². The largest absolute Gasteiger partial charge is 0.493 e. The van der Waals surface area contributed by atoms with Crippen molar-refractivity contribution in [3.05, 3.63) is 77.4 Å². The molecular weight excluding hydrogens is 571 g/mol. The van der Waals surface area contributed by atoms with Gasteiger partial charge in [-0.15, -0.1) is 0 Å². The van der Waals surface area contributed by atoms with Gasteiger partial charge in [0, 0.05) is 43.9 Å². The van der Waals surface area contributed by atoms with Gasteiger partial charge in [-0.1, -0.05) is 38.1 Å². The molecule has 0 saturated carbocycles. The van der Waals surface area contributed by atoms with E-state index in [0.717, 1.165) is 59.8 Å². The predicted octanol–water partition coefficient (Wildman–Crippen LogP) is 8.09. The van der Waals surface area contributed by atoms with E-state index in [1.54, 1.807) is 25.4 Å². The van der Waals surface area contributed by atoms with E-state index >= 15 is 0 Å². The van der Waals surface area contributed by atoms with E-state index in [1.807, 2.05) is 58.9 Å². The first-order chi connectivity index (χ1) is 21.3. The zero-order chi connectivity index (χ0) is 32.8. The molecule has 1 aliphatic heterocycles. The number of ether oxygens (including phenoxy) is 4. The van der Waals surface area contributed by atoms with Gasteiger partial charge >= 0.3 is 5.97 Å². The van der Waals surface area contributed by atoms with Crippen LogP contribution in [-0.2, 0) is 32.0 Å². The molecule has 4 rings (SSSR count). The quantitative estimate of drug-likeness (QED) is 0.190. The highest BCUT2D eigenvalue weighted by Crippen LogP contribution is 2.44. The maximum Gasteiger partial charge on any atom is 0.340 e. The van der Waals surface area contributed by atoms with E-state index in [9.17, 15) is 9.18 Å². The Hall–Kier alpha value is -3.49. The number of anilines is 1. The number of rotatable bonds is 12. The highest BCUT2D eigenvalue weighted by Gasteiger charge is 2.36. The van der Waals surface area contributed by atoms with E-state index in [-0.39, 0.29) is 17.3 Å². The topological polar surface area (TPSA) is 70.1 Å². The lowest BCUT2D eigenvalue weighted by Gasteiger charge is -2.41. The fourth-order valence-corrected chi connectivity index (χ4v) is 5.51. The van der Waals surface area contributed by atoms with Gasteiger partial charge in [-0.25, -0.2) is 9.18 Å². The van der Waals surface area contributed by atoms with Crippen LogP contribution in [-0.4, -0.2) is 49.5 Å². The Bertz CT molecular complexity index is 1400. The van der Waals surface area contributed by atoms with Crippen LogP contribution in [0.4, 0.5) is 10.1 Å². The number of methoxy groups -OCH3 is 1. The van der Waals surface area contributed by atoms with Crippen LogP contribution in [0.15, 0.2) is 54.7 Å². The minimum Gasteiger partial charge on any atom is -0.493 e. The van der Waals surface area contributed by atoms with Crippen molar-refractivity contribution in [2.75, 3.05) is 31.7 Å². The minimum absolute atomic E-state index is 0.226. The molecule has 0 amide bonds. The lowest BCUT2D eigenvalue weighted by atomic mass is 9.82. The molecule has 0 spiro atoms. The number of carbonyl (C=O) groups excluding carboxylic acids is 1. The Morgan fingerprint density at radius 1 is 1.02 bits per heavy atom. The summed E-state index contributed by atoms with van der Waals surface area (Å²) in [4.78, 5) is 20.9. The smallest absolute Gasteiger partial charge is 0.340 e. The average Bonchev–Trinajstić information content (AvgIpc) is 2.97. The van der Waals surface area contributed by atoms with Crippen molar-refractivity contribution in [2.45, 2.75) is 92.1 Å². The van der Waals surface area contributed by atoms with Crippen LogP contribution in [0.5, 0.6) is 5.75 Å². The minimum atomic E-state index is -0.964. The molecule has 1 saturated heterocycles. The second-order valence-electron chi connectivity index (χ2n) is 13.8. The third-order valence-electron chi connectivity index (χ3n) is 7.91. The molecule has 3 aromatic rings. The van der Waals surface area contributed by atoms with Crippen molar-refractivity contribution in [1.82, 2.24) is 4.98 Å². The molecule has 8 heteroatoms. The molecule has 1 unspecified atom stereocenters. The van der Waals surface area contributed by atoms with Crippen molar-refractivity contribution in [1.29, 1.82) is 0 Å². The number of carbonyl (C=O) groups is 1. The third kappa shape index (κ3) is 9.50. The predicted molar refractivity (Wildman–Crippen MR) is 176 cm³/mol. The fourth-order valence-electron chi connectivity index (χ4n) is 5.51. The zero-order valence-electron chi connectivity index (χ0n) is 28.1. The molecule has 244 valence electrons. The van der Waals surface area contributed by atoms with E-state index in [0.29, 0.717) is 25.2 Å². The van der Waals surface area contributed by atoms with Crippen molar-refractivity contribution in [3.8, 4) is 16.9 Å². The number of nitrogens with zero attached hydrogens (tertiary/aromatic N) is 2. The molecule has 0 aliphatic carbocycles. The van der Waals surface area contributed by atoms with Crippen LogP contribution in [0, 0.1) is 11.2 Å². The van der Waals surface area contributed by atoms with E-state index < -0.39 is 17.7 Å². The molecular formula is C37H49FN2O5. The molecule has 1 atom stereocenters. The summed E-state index contributed by atoms with van der Waals surface area (Å²) < 4.78 is 37.1. The highest BCUT2D eigenvalue weighted by molar-refractivity contribution is 5.87. The Morgan fingerprint density at radius 3 is 2.24 bits per heavy atom. The van der Waals surface area contributed by atoms with E-state index in [4.69, 9.17) is 23.9 Å². The molecule has 2 aromatic carbocycles. The summed E-state index contributed by atoms with van der Waals surface area (Å²) in [5.41, 5.74) is 4.86. The number of piperidine rings is 1. The molecule has 0 radical (unpaired) electrons. The zero-order valence-corrected chi connectivity index (χ0v) is 28.1. The SMILES string of the molecule is COCc1ncc(C(OC(C)(C)C)C(=O)OC(C)C)c(N2CCC(C)(C)CC2)c1-c1ccc(OCCc2ccc(F)cc2)cc1. The van der Waals surface area contributed by atoms with Gasteiger partial charge in [-0.05, 0) is 88.3 Å². The summed E-state index contributed by atoms with van der Waals surface area (Å²) in [6, 6.07) is 14.4. The molecule has 2 heterocycles. The van der Waals surface area contributed by atoms with E-state index in [1.165, 1.54) is 12.1 Å². The van der Waals surface area contributed by atoms with Crippen LogP contribution >= 0.6 is 0 Å².